The molecule has 4 atom stereocenters. The first-order chi connectivity index (χ1) is 7.66. The third-order valence-corrected chi connectivity index (χ3v) is 4.40. The molecule has 16 heavy (non-hydrogen) atoms. The SMILES string of the molecule is CC1CN(CC2CCCCC2N)CCC1O. The lowest BCUT2D eigenvalue weighted by molar-refractivity contribution is 0.0252. The zero-order chi connectivity index (χ0) is 11.5. The summed E-state index contributed by atoms with van der Waals surface area (Å²) >= 11 is 0. The lowest BCUT2D eigenvalue weighted by Crippen LogP contribution is -2.47. The monoisotopic (exact) mass is 226 g/mol. The molecule has 0 radical (unpaired) electrons. The predicted molar refractivity (Wildman–Crippen MR) is 66.2 cm³/mol. The molecule has 2 aliphatic rings. The summed E-state index contributed by atoms with van der Waals surface area (Å²) in [6.07, 6.45) is 6.02. The van der Waals surface area contributed by atoms with E-state index in [0.717, 1.165) is 26.1 Å². The molecular weight excluding hydrogens is 200 g/mol. The Bertz CT molecular complexity index is 222. The Morgan fingerprint density at radius 1 is 1.25 bits per heavy atom. The highest BCUT2D eigenvalue weighted by molar-refractivity contribution is 4.84. The van der Waals surface area contributed by atoms with Crippen molar-refractivity contribution in [1.29, 1.82) is 0 Å². The van der Waals surface area contributed by atoms with Crippen LogP contribution in [0.4, 0.5) is 0 Å². The zero-order valence-electron chi connectivity index (χ0n) is 10.4. The second-order valence-corrected chi connectivity index (χ2v) is 5.80. The van der Waals surface area contributed by atoms with Crippen molar-refractivity contribution in [3.8, 4) is 0 Å². The van der Waals surface area contributed by atoms with Crippen LogP contribution in [0.25, 0.3) is 0 Å². The Morgan fingerprint density at radius 3 is 2.69 bits per heavy atom. The van der Waals surface area contributed by atoms with Crippen LogP contribution >= 0.6 is 0 Å². The second-order valence-electron chi connectivity index (χ2n) is 5.80. The summed E-state index contributed by atoms with van der Waals surface area (Å²) in [4.78, 5) is 2.51. The van der Waals surface area contributed by atoms with E-state index in [0.29, 0.717) is 17.9 Å². The van der Waals surface area contributed by atoms with E-state index < -0.39 is 0 Å². The maximum Gasteiger partial charge on any atom is 0.0590 e. The van der Waals surface area contributed by atoms with Crippen molar-refractivity contribution in [1.82, 2.24) is 4.90 Å². The van der Waals surface area contributed by atoms with Gasteiger partial charge in [0.2, 0.25) is 0 Å². The molecule has 0 bridgehead atoms. The molecule has 1 aliphatic heterocycles. The average molecular weight is 226 g/mol. The van der Waals surface area contributed by atoms with Gasteiger partial charge in [0, 0.05) is 25.7 Å². The summed E-state index contributed by atoms with van der Waals surface area (Å²) in [7, 11) is 0. The van der Waals surface area contributed by atoms with Gasteiger partial charge >= 0.3 is 0 Å². The van der Waals surface area contributed by atoms with E-state index >= 15 is 0 Å². The molecule has 2 fully saturated rings. The molecule has 0 aromatic heterocycles. The van der Waals surface area contributed by atoms with Crippen molar-refractivity contribution in [2.24, 2.45) is 17.6 Å². The fourth-order valence-electron chi connectivity index (χ4n) is 3.18. The topological polar surface area (TPSA) is 49.5 Å². The second kappa shape index (κ2) is 5.48. The minimum absolute atomic E-state index is 0.0868. The number of hydrogen-bond donors (Lipinski definition) is 2. The number of nitrogens with zero attached hydrogens (tertiary/aromatic N) is 1. The molecule has 1 aliphatic carbocycles. The van der Waals surface area contributed by atoms with Crippen molar-refractivity contribution in [2.75, 3.05) is 19.6 Å². The standard InChI is InChI=1S/C13H26N2O/c1-10-8-15(7-6-13(10)16)9-11-4-2-3-5-12(11)14/h10-13,16H,2-9,14H2,1H3. The Balaban J connectivity index is 1.80. The molecule has 1 saturated heterocycles. The Hall–Kier alpha value is -0.120. The van der Waals surface area contributed by atoms with Crippen LogP contribution in [0.1, 0.15) is 39.0 Å². The van der Waals surface area contributed by atoms with Gasteiger partial charge in [-0.15, -0.1) is 0 Å². The summed E-state index contributed by atoms with van der Waals surface area (Å²) in [6.45, 7) is 5.40. The first-order valence-corrected chi connectivity index (χ1v) is 6.83. The van der Waals surface area contributed by atoms with E-state index in [9.17, 15) is 5.11 Å². The van der Waals surface area contributed by atoms with E-state index in [4.69, 9.17) is 5.73 Å². The summed E-state index contributed by atoms with van der Waals surface area (Å²) in [6, 6.07) is 0.413. The van der Waals surface area contributed by atoms with Gasteiger partial charge in [-0.25, -0.2) is 0 Å². The summed E-state index contributed by atoms with van der Waals surface area (Å²) in [5, 5.41) is 9.70. The van der Waals surface area contributed by atoms with E-state index in [1.807, 2.05) is 0 Å². The summed E-state index contributed by atoms with van der Waals surface area (Å²) in [5.74, 6) is 1.12. The molecule has 1 saturated carbocycles. The molecule has 3 nitrogen and oxygen atoms in total. The number of nitrogens with two attached hydrogens (primary N) is 1. The van der Waals surface area contributed by atoms with Crippen LogP contribution in [0.3, 0.4) is 0 Å². The van der Waals surface area contributed by atoms with Crippen LogP contribution in [-0.2, 0) is 0 Å². The highest BCUT2D eigenvalue weighted by Crippen LogP contribution is 2.25. The number of aliphatic hydroxyl groups excluding tert-OH is 1. The normalized spacial score (nSPS) is 42.2. The number of likely N-dealkylation sites (tertiary alicyclic amines) is 1. The van der Waals surface area contributed by atoms with Crippen molar-refractivity contribution < 1.29 is 5.11 Å². The predicted octanol–water partition coefficient (Wildman–Crippen LogP) is 1.21. The number of aliphatic hydroxyl groups is 1. The summed E-state index contributed by atoms with van der Waals surface area (Å²) in [5.41, 5.74) is 6.18. The Labute approximate surface area is 99.0 Å². The van der Waals surface area contributed by atoms with Crippen molar-refractivity contribution >= 4 is 0 Å². The van der Waals surface area contributed by atoms with Gasteiger partial charge in [-0.3, -0.25) is 0 Å². The molecular formula is C13H26N2O. The maximum atomic E-state index is 9.70. The van der Waals surface area contributed by atoms with Crippen LogP contribution in [0, 0.1) is 11.8 Å². The van der Waals surface area contributed by atoms with Crippen molar-refractivity contribution in [2.45, 2.75) is 51.2 Å². The Morgan fingerprint density at radius 2 is 2.00 bits per heavy atom. The third kappa shape index (κ3) is 2.96. The quantitative estimate of drug-likeness (QED) is 0.744. The minimum atomic E-state index is -0.0868. The highest BCUT2D eigenvalue weighted by atomic mass is 16.3. The molecule has 0 aromatic rings. The molecule has 3 N–H and O–H groups in total. The largest absolute Gasteiger partial charge is 0.393 e. The third-order valence-electron chi connectivity index (χ3n) is 4.40. The van der Waals surface area contributed by atoms with Crippen LogP contribution in [0.2, 0.25) is 0 Å². The number of piperidine rings is 1. The lowest BCUT2D eigenvalue weighted by atomic mass is 9.84. The van der Waals surface area contributed by atoms with Gasteiger partial charge in [0.1, 0.15) is 0 Å². The molecule has 1 heterocycles. The molecule has 2 rings (SSSR count). The minimum Gasteiger partial charge on any atom is -0.393 e. The fraction of sp³-hybridized carbons (Fsp3) is 1.00. The molecule has 0 spiro atoms. The highest BCUT2D eigenvalue weighted by Gasteiger charge is 2.28. The Kier molecular flexibility index (Phi) is 4.22. The van der Waals surface area contributed by atoms with Crippen LogP contribution in [-0.4, -0.2) is 41.8 Å². The smallest absolute Gasteiger partial charge is 0.0590 e. The van der Waals surface area contributed by atoms with Crippen molar-refractivity contribution in [3.05, 3.63) is 0 Å². The van der Waals surface area contributed by atoms with Crippen LogP contribution in [0.5, 0.6) is 0 Å². The van der Waals surface area contributed by atoms with Gasteiger partial charge in [-0.1, -0.05) is 19.8 Å². The van der Waals surface area contributed by atoms with Crippen molar-refractivity contribution in [3.63, 3.8) is 0 Å². The number of rotatable bonds is 2. The molecule has 94 valence electrons. The first-order valence-electron chi connectivity index (χ1n) is 6.83. The van der Waals surface area contributed by atoms with Gasteiger partial charge in [0.25, 0.3) is 0 Å². The van der Waals surface area contributed by atoms with Gasteiger partial charge in [-0.2, -0.15) is 0 Å². The molecule has 0 amide bonds. The van der Waals surface area contributed by atoms with E-state index in [-0.39, 0.29) is 6.10 Å². The molecule has 0 aromatic carbocycles. The van der Waals surface area contributed by atoms with E-state index in [1.54, 1.807) is 0 Å². The number of hydrogen-bond acceptors (Lipinski definition) is 3. The van der Waals surface area contributed by atoms with Gasteiger partial charge in [-0.05, 0) is 31.1 Å². The van der Waals surface area contributed by atoms with Gasteiger partial charge < -0.3 is 15.7 Å². The molecule has 3 heteroatoms. The van der Waals surface area contributed by atoms with Gasteiger partial charge in [0.15, 0.2) is 0 Å². The van der Waals surface area contributed by atoms with Gasteiger partial charge in [0.05, 0.1) is 6.10 Å². The van der Waals surface area contributed by atoms with E-state index in [2.05, 4.69) is 11.8 Å². The zero-order valence-corrected chi connectivity index (χ0v) is 10.4. The van der Waals surface area contributed by atoms with Crippen LogP contribution in [0.15, 0.2) is 0 Å². The molecule has 4 unspecified atom stereocenters. The lowest BCUT2D eigenvalue weighted by Gasteiger charge is -2.39. The maximum absolute atomic E-state index is 9.70. The fourth-order valence-corrected chi connectivity index (χ4v) is 3.18. The summed E-state index contributed by atoms with van der Waals surface area (Å²) < 4.78 is 0. The average Bonchev–Trinajstić information content (AvgIpc) is 2.27. The first kappa shape index (κ1) is 12.3. The van der Waals surface area contributed by atoms with E-state index in [1.165, 1.54) is 25.7 Å². The van der Waals surface area contributed by atoms with Crippen LogP contribution < -0.4 is 5.73 Å².